The van der Waals surface area contributed by atoms with Gasteiger partial charge in [0.15, 0.2) is 0 Å². The van der Waals surface area contributed by atoms with E-state index >= 15 is 0 Å². The Balaban J connectivity index is 0.000000169. The van der Waals surface area contributed by atoms with Gasteiger partial charge in [0, 0.05) is 38.6 Å². The van der Waals surface area contributed by atoms with Gasteiger partial charge in [-0.1, -0.05) is 101 Å². The summed E-state index contributed by atoms with van der Waals surface area (Å²) in [5, 5.41) is 18.5. The van der Waals surface area contributed by atoms with Gasteiger partial charge in [0.25, 0.3) is 0 Å². The fourth-order valence-electron chi connectivity index (χ4n) is 4.59. The molecule has 0 heterocycles. The number of para-hydroxylation sites is 4. The van der Waals surface area contributed by atoms with Gasteiger partial charge in [0.1, 0.15) is 0 Å². The van der Waals surface area contributed by atoms with Gasteiger partial charge >= 0.3 is 7.12 Å². The van der Waals surface area contributed by atoms with E-state index in [1.54, 1.807) is 12.1 Å². The Morgan fingerprint density at radius 2 is 0.619 bits per heavy atom. The van der Waals surface area contributed by atoms with Crippen LogP contribution in [0.15, 0.2) is 174 Å². The van der Waals surface area contributed by atoms with Crippen LogP contribution in [-0.4, -0.2) is 17.2 Å². The quantitative estimate of drug-likeness (QED) is 0.177. The van der Waals surface area contributed by atoms with Gasteiger partial charge in [0.05, 0.1) is 0 Å². The molecule has 0 aromatic heterocycles. The van der Waals surface area contributed by atoms with Crippen molar-refractivity contribution in [1.82, 2.24) is 0 Å². The molecule has 0 saturated heterocycles. The third kappa shape index (κ3) is 7.36. The Labute approximate surface area is 256 Å². The highest BCUT2D eigenvalue weighted by Gasteiger charge is 2.15. The van der Waals surface area contributed by atoms with E-state index in [9.17, 15) is 10.0 Å². The van der Waals surface area contributed by atoms with Crippen LogP contribution in [0.25, 0.3) is 0 Å². The molecule has 206 valence electrons. The van der Waals surface area contributed by atoms with Crippen LogP contribution in [0.5, 0.6) is 0 Å². The predicted octanol–water partition coefficient (Wildman–Crippen LogP) is 8.76. The second-order valence-corrected chi connectivity index (χ2v) is 10.4. The molecule has 0 atom stereocenters. The average Bonchev–Trinajstić information content (AvgIpc) is 3.05. The molecule has 0 fully saturated rings. The molecule has 42 heavy (non-hydrogen) atoms. The highest BCUT2D eigenvalue weighted by Crippen LogP contribution is 2.35. The lowest BCUT2D eigenvalue weighted by molar-refractivity contribution is 0.426. The van der Waals surface area contributed by atoms with E-state index in [-0.39, 0.29) is 0 Å². The molecule has 4 nitrogen and oxygen atoms in total. The second-order valence-electron chi connectivity index (χ2n) is 9.45. The van der Waals surface area contributed by atoms with Crippen LogP contribution in [0.4, 0.5) is 34.1 Å². The van der Waals surface area contributed by atoms with Crippen molar-refractivity contribution in [2.75, 3.05) is 9.80 Å². The summed E-state index contributed by atoms with van der Waals surface area (Å²) in [4.78, 5) is 4.36. The van der Waals surface area contributed by atoms with Crippen LogP contribution in [0.2, 0.25) is 0 Å². The first-order chi connectivity index (χ1) is 20.6. The Hall–Kier alpha value is -4.62. The van der Waals surface area contributed by atoms with E-state index < -0.39 is 7.12 Å². The first-order valence-corrected chi connectivity index (χ1v) is 14.4. The maximum atomic E-state index is 9.23. The maximum Gasteiger partial charge on any atom is 0.488 e. The molecule has 0 unspecified atom stereocenters. The molecular weight excluding hydrogens is 583 g/mol. The molecule has 0 aliphatic rings. The van der Waals surface area contributed by atoms with Crippen molar-refractivity contribution in [2.24, 2.45) is 0 Å². The lowest BCUT2D eigenvalue weighted by Gasteiger charge is -2.25. The van der Waals surface area contributed by atoms with Crippen LogP contribution >= 0.6 is 15.9 Å². The van der Waals surface area contributed by atoms with Crippen molar-refractivity contribution in [2.45, 2.75) is 0 Å². The molecule has 0 bridgehead atoms. The van der Waals surface area contributed by atoms with Gasteiger partial charge < -0.3 is 19.8 Å². The SMILES string of the molecule is Brc1ccc(N(c2ccccc2)c2ccccc2)cc1.OB(O)c1ccc(N(c2ccccc2)c2ccccc2)cc1. The number of rotatable bonds is 7. The molecule has 6 aromatic carbocycles. The van der Waals surface area contributed by atoms with Crippen LogP contribution in [0, 0.1) is 0 Å². The van der Waals surface area contributed by atoms with Crippen molar-refractivity contribution in [3.05, 3.63) is 174 Å². The zero-order valence-corrected chi connectivity index (χ0v) is 24.5. The van der Waals surface area contributed by atoms with Crippen LogP contribution in [0.3, 0.4) is 0 Å². The van der Waals surface area contributed by atoms with E-state index in [2.05, 4.69) is 98.5 Å². The third-order valence-corrected chi connectivity index (χ3v) is 7.12. The Bertz CT molecular complexity index is 1560. The standard InChI is InChI=1S/C18H16BNO2.C18H14BrN/c21-19(22)15-11-13-18(14-12-15)20(16-7-3-1-4-8-16)17-9-5-2-6-10-17;19-15-11-13-18(14-12-15)20(16-7-3-1-4-8-16)17-9-5-2-6-10-17/h1-14,21-22H;1-14H. The molecule has 0 saturated carbocycles. The van der Waals surface area contributed by atoms with Gasteiger partial charge in [-0.05, 0) is 90.4 Å². The highest BCUT2D eigenvalue weighted by atomic mass is 79.9. The monoisotopic (exact) mass is 612 g/mol. The number of hydrogen-bond donors (Lipinski definition) is 2. The summed E-state index contributed by atoms with van der Waals surface area (Å²) in [6.07, 6.45) is 0. The zero-order chi connectivity index (χ0) is 29.1. The summed E-state index contributed by atoms with van der Waals surface area (Å²) in [6.45, 7) is 0. The smallest absolute Gasteiger partial charge is 0.423 e. The number of hydrogen-bond acceptors (Lipinski definition) is 4. The highest BCUT2D eigenvalue weighted by molar-refractivity contribution is 9.10. The van der Waals surface area contributed by atoms with E-state index in [1.165, 1.54) is 0 Å². The summed E-state index contributed by atoms with van der Waals surface area (Å²) in [5.41, 5.74) is 6.98. The van der Waals surface area contributed by atoms with Gasteiger partial charge in [-0.2, -0.15) is 0 Å². The van der Waals surface area contributed by atoms with Crippen molar-refractivity contribution in [3.8, 4) is 0 Å². The molecule has 6 rings (SSSR count). The fourth-order valence-corrected chi connectivity index (χ4v) is 4.85. The summed E-state index contributed by atoms with van der Waals surface area (Å²) < 4.78 is 1.09. The normalized spacial score (nSPS) is 10.3. The van der Waals surface area contributed by atoms with Crippen molar-refractivity contribution in [3.63, 3.8) is 0 Å². The minimum Gasteiger partial charge on any atom is -0.423 e. The second kappa shape index (κ2) is 14.3. The molecule has 6 aromatic rings. The van der Waals surface area contributed by atoms with Gasteiger partial charge in [-0.3, -0.25) is 0 Å². The minimum absolute atomic E-state index is 0.477. The molecule has 2 N–H and O–H groups in total. The summed E-state index contributed by atoms with van der Waals surface area (Å²) in [6, 6.07) is 56.5. The van der Waals surface area contributed by atoms with Crippen molar-refractivity contribution >= 4 is 62.6 Å². The summed E-state index contributed by atoms with van der Waals surface area (Å²) in [5.74, 6) is 0. The van der Waals surface area contributed by atoms with Crippen LogP contribution in [0.1, 0.15) is 0 Å². The number of halogens is 1. The zero-order valence-electron chi connectivity index (χ0n) is 22.9. The van der Waals surface area contributed by atoms with Gasteiger partial charge in [-0.25, -0.2) is 0 Å². The topological polar surface area (TPSA) is 46.9 Å². The average molecular weight is 613 g/mol. The van der Waals surface area contributed by atoms with Crippen LogP contribution < -0.4 is 15.3 Å². The summed E-state index contributed by atoms with van der Waals surface area (Å²) in [7, 11) is -1.45. The first-order valence-electron chi connectivity index (χ1n) is 13.6. The van der Waals surface area contributed by atoms with E-state index in [4.69, 9.17) is 0 Å². The maximum absolute atomic E-state index is 9.23. The summed E-state index contributed by atoms with van der Waals surface area (Å²) >= 11 is 3.49. The van der Waals surface area contributed by atoms with E-state index in [1.807, 2.05) is 84.9 Å². The lowest BCUT2D eigenvalue weighted by atomic mass is 9.80. The molecule has 0 amide bonds. The Morgan fingerprint density at radius 3 is 0.905 bits per heavy atom. The van der Waals surface area contributed by atoms with E-state index in [0.29, 0.717) is 5.46 Å². The van der Waals surface area contributed by atoms with Crippen molar-refractivity contribution < 1.29 is 10.0 Å². The number of nitrogens with zero attached hydrogens (tertiary/aromatic N) is 2. The largest absolute Gasteiger partial charge is 0.488 e. The molecule has 0 radical (unpaired) electrons. The Morgan fingerprint density at radius 1 is 0.357 bits per heavy atom. The van der Waals surface area contributed by atoms with E-state index in [0.717, 1.165) is 38.6 Å². The third-order valence-electron chi connectivity index (χ3n) is 6.59. The molecular formula is C36H30BBrN2O2. The van der Waals surface area contributed by atoms with Crippen LogP contribution in [-0.2, 0) is 0 Å². The van der Waals surface area contributed by atoms with Gasteiger partial charge in [-0.15, -0.1) is 0 Å². The molecule has 0 aliphatic carbocycles. The number of anilines is 6. The predicted molar refractivity (Wildman–Crippen MR) is 180 cm³/mol. The molecule has 6 heteroatoms. The molecule has 0 aliphatic heterocycles. The van der Waals surface area contributed by atoms with Crippen molar-refractivity contribution in [1.29, 1.82) is 0 Å². The Kier molecular flexibility index (Phi) is 9.86. The number of benzene rings is 6. The minimum atomic E-state index is -1.45. The fraction of sp³-hybridized carbons (Fsp3) is 0. The lowest BCUT2D eigenvalue weighted by Crippen LogP contribution is -2.29. The molecule has 0 spiro atoms. The first kappa shape index (κ1) is 28.9. The van der Waals surface area contributed by atoms with Gasteiger partial charge in [0.2, 0.25) is 0 Å².